The quantitative estimate of drug-likeness (QED) is 0.508. The Bertz CT molecular complexity index is 57.1. The zero-order valence-electron chi connectivity index (χ0n) is 4.89. The second-order valence-corrected chi connectivity index (χ2v) is 1.76. The second kappa shape index (κ2) is 3.81. The van der Waals surface area contributed by atoms with Crippen LogP contribution in [0.4, 0.5) is 0 Å². The molecule has 7 heavy (non-hydrogen) atoms. The third kappa shape index (κ3) is 5.63. The van der Waals surface area contributed by atoms with Crippen LogP contribution >= 0.6 is 0 Å². The fourth-order valence-electron chi connectivity index (χ4n) is 0.272. The highest BCUT2D eigenvalue weighted by atomic mass is 14.8. The van der Waals surface area contributed by atoms with Gasteiger partial charge in [-0.15, -0.1) is 0 Å². The summed E-state index contributed by atoms with van der Waals surface area (Å²) in [6, 6.07) is 0. The summed E-state index contributed by atoms with van der Waals surface area (Å²) in [5.74, 6) is 0.531. The van der Waals surface area contributed by atoms with E-state index in [9.17, 15) is 0 Å². The lowest BCUT2D eigenvalue weighted by Gasteiger charge is -1.88. The Labute approximate surface area is 44.4 Å². The lowest BCUT2D eigenvalue weighted by atomic mass is 10.3. The van der Waals surface area contributed by atoms with Crippen molar-refractivity contribution in [2.45, 2.75) is 13.8 Å². The first-order valence-corrected chi connectivity index (χ1v) is 2.47. The molecule has 2 N–H and O–H groups in total. The van der Waals surface area contributed by atoms with Crippen molar-refractivity contribution in [3.05, 3.63) is 0 Å². The maximum absolute atomic E-state index is 5.08. The molecule has 0 aliphatic carbocycles. The molecule has 0 fully saturated rings. The fourth-order valence-corrected chi connectivity index (χ4v) is 0.272. The molecule has 0 atom stereocenters. The minimum atomic E-state index is 0.415. The monoisotopic (exact) mass is 100 g/mol. The molecule has 0 heterocycles. The predicted octanol–water partition coefficient (Wildman–Crippen LogP) is 0.629. The largest absolute Gasteiger partial charge is 0.312 e. The van der Waals surface area contributed by atoms with Crippen LogP contribution in [0.3, 0.4) is 0 Å². The molecule has 0 aromatic heterocycles. The second-order valence-electron chi connectivity index (χ2n) is 1.76. The molecule has 0 unspecified atom stereocenters. The number of hydrogen-bond acceptors (Lipinski definition) is 2. The SMILES string of the molecule is CC(C)C=NCN. The van der Waals surface area contributed by atoms with Crippen molar-refractivity contribution < 1.29 is 0 Å². The van der Waals surface area contributed by atoms with Crippen molar-refractivity contribution in [2.24, 2.45) is 16.6 Å². The third-order valence-electron chi connectivity index (χ3n) is 0.509. The van der Waals surface area contributed by atoms with Gasteiger partial charge in [0.2, 0.25) is 0 Å². The Morgan fingerprint density at radius 1 is 1.71 bits per heavy atom. The van der Waals surface area contributed by atoms with Crippen LogP contribution < -0.4 is 5.73 Å². The van der Waals surface area contributed by atoms with E-state index >= 15 is 0 Å². The Hall–Kier alpha value is -0.370. The molecular formula is C5H12N2. The summed E-state index contributed by atoms with van der Waals surface area (Å²) in [6.45, 7) is 4.55. The molecular weight excluding hydrogens is 88.1 g/mol. The molecule has 2 heteroatoms. The molecule has 0 aliphatic rings. The van der Waals surface area contributed by atoms with Gasteiger partial charge in [0.25, 0.3) is 0 Å². The van der Waals surface area contributed by atoms with Crippen LogP contribution in [-0.4, -0.2) is 12.9 Å². The van der Waals surface area contributed by atoms with E-state index in [0.29, 0.717) is 12.6 Å². The van der Waals surface area contributed by atoms with Gasteiger partial charge in [0.1, 0.15) is 0 Å². The average molecular weight is 100 g/mol. The first kappa shape index (κ1) is 6.63. The van der Waals surface area contributed by atoms with Crippen molar-refractivity contribution in [2.75, 3.05) is 6.67 Å². The summed E-state index contributed by atoms with van der Waals surface area (Å²) in [4.78, 5) is 3.82. The van der Waals surface area contributed by atoms with Gasteiger partial charge in [-0.3, -0.25) is 4.99 Å². The third-order valence-corrected chi connectivity index (χ3v) is 0.509. The van der Waals surface area contributed by atoms with Gasteiger partial charge in [0, 0.05) is 6.21 Å². The first-order chi connectivity index (χ1) is 3.27. The van der Waals surface area contributed by atoms with Gasteiger partial charge in [-0.25, -0.2) is 0 Å². The normalized spacial score (nSPS) is 11.4. The van der Waals surface area contributed by atoms with Crippen molar-refractivity contribution in [1.82, 2.24) is 0 Å². The summed E-state index contributed by atoms with van der Waals surface area (Å²) in [5, 5.41) is 0. The lowest BCUT2D eigenvalue weighted by Crippen LogP contribution is -1.96. The Morgan fingerprint density at radius 2 is 2.29 bits per heavy atom. The van der Waals surface area contributed by atoms with E-state index < -0.39 is 0 Å². The minimum absolute atomic E-state index is 0.415. The smallest absolute Gasteiger partial charge is 0.0855 e. The summed E-state index contributed by atoms with van der Waals surface area (Å²) in [6.07, 6.45) is 1.85. The van der Waals surface area contributed by atoms with Crippen molar-refractivity contribution in [3.63, 3.8) is 0 Å². The van der Waals surface area contributed by atoms with Crippen LogP contribution in [-0.2, 0) is 0 Å². The zero-order valence-corrected chi connectivity index (χ0v) is 4.89. The number of rotatable bonds is 2. The zero-order chi connectivity index (χ0) is 5.70. The molecule has 0 amide bonds. The van der Waals surface area contributed by atoms with Crippen LogP contribution in [0.15, 0.2) is 4.99 Å². The van der Waals surface area contributed by atoms with Crippen LogP contribution in [0.25, 0.3) is 0 Å². The van der Waals surface area contributed by atoms with E-state index in [4.69, 9.17) is 5.73 Å². The first-order valence-electron chi connectivity index (χ1n) is 2.47. The lowest BCUT2D eigenvalue weighted by molar-refractivity contribution is 0.893. The van der Waals surface area contributed by atoms with E-state index in [1.165, 1.54) is 0 Å². The molecule has 0 aromatic rings. The molecule has 0 aliphatic heterocycles. The molecule has 0 aromatic carbocycles. The molecule has 42 valence electrons. The van der Waals surface area contributed by atoms with Crippen LogP contribution in [0, 0.1) is 5.92 Å². The van der Waals surface area contributed by atoms with Crippen LogP contribution in [0.2, 0.25) is 0 Å². The van der Waals surface area contributed by atoms with E-state index in [2.05, 4.69) is 18.8 Å². The van der Waals surface area contributed by atoms with E-state index in [0.717, 1.165) is 0 Å². The highest BCUT2D eigenvalue weighted by Crippen LogP contribution is 1.82. The highest BCUT2D eigenvalue weighted by molar-refractivity contribution is 5.59. The van der Waals surface area contributed by atoms with E-state index in [1.54, 1.807) is 0 Å². The molecule has 0 spiro atoms. The Kier molecular flexibility index (Phi) is 3.61. The van der Waals surface area contributed by atoms with Gasteiger partial charge in [-0.2, -0.15) is 0 Å². The average Bonchev–Trinajstić information content (AvgIpc) is 1.61. The van der Waals surface area contributed by atoms with Crippen LogP contribution in [0.1, 0.15) is 13.8 Å². The topological polar surface area (TPSA) is 38.4 Å². The van der Waals surface area contributed by atoms with Gasteiger partial charge in [0.15, 0.2) is 0 Å². The molecule has 2 nitrogen and oxygen atoms in total. The minimum Gasteiger partial charge on any atom is -0.312 e. The maximum Gasteiger partial charge on any atom is 0.0855 e. The van der Waals surface area contributed by atoms with Crippen LogP contribution in [0.5, 0.6) is 0 Å². The highest BCUT2D eigenvalue weighted by Gasteiger charge is 1.79. The van der Waals surface area contributed by atoms with Gasteiger partial charge < -0.3 is 5.73 Å². The maximum atomic E-state index is 5.08. The number of aliphatic imine (C=N–C) groups is 1. The molecule has 0 saturated carbocycles. The predicted molar refractivity (Wildman–Crippen MR) is 32.4 cm³/mol. The molecule has 0 saturated heterocycles. The summed E-state index contributed by atoms with van der Waals surface area (Å²) in [7, 11) is 0. The summed E-state index contributed by atoms with van der Waals surface area (Å²) in [5.41, 5.74) is 5.08. The molecule has 0 bridgehead atoms. The number of hydrogen-bond donors (Lipinski definition) is 1. The van der Waals surface area contributed by atoms with Gasteiger partial charge in [-0.1, -0.05) is 13.8 Å². The number of nitrogens with two attached hydrogens (primary N) is 1. The fraction of sp³-hybridized carbons (Fsp3) is 0.800. The van der Waals surface area contributed by atoms with E-state index in [1.807, 2.05) is 6.21 Å². The Morgan fingerprint density at radius 3 is 2.43 bits per heavy atom. The van der Waals surface area contributed by atoms with Crippen molar-refractivity contribution in [1.29, 1.82) is 0 Å². The van der Waals surface area contributed by atoms with E-state index in [-0.39, 0.29) is 0 Å². The Balaban J connectivity index is 3.08. The standard InChI is InChI=1S/C5H12N2/c1-5(2)3-7-4-6/h3,5H,4,6H2,1-2H3. The van der Waals surface area contributed by atoms with Gasteiger partial charge >= 0.3 is 0 Å². The van der Waals surface area contributed by atoms with Gasteiger partial charge in [-0.05, 0) is 5.92 Å². The summed E-state index contributed by atoms with van der Waals surface area (Å²) >= 11 is 0. The van der Waals surface area contributed by atoms with Crippen molar-refractivity contribution >= 4 is 6.21 Å². The number of nitrogens with zero attached hydrogens (tertiary/aromatic N) is 1. The van der Waals surface area contributed by atoms with Crippen molar-refractivity contribution in [3.8, 4) is 0 Å². The molecule has 0 rings (SSSR count). The summed E-state index contributed by atoms with van der Waals surface area (Å²) < 4.78 is 0. The molecule has 0 radical (unpaired) electrons. The van der Waals surface area contributed by atoms with Gasteiger partial charge in [0.05, 0.1) is 6.67 Å².